The van der Waals surface area contributed by atoms with Gasteiger partial charge in [0.1, 0.15) is 0 Å². The Morgan fingerprint density at radius 1 is 1.06 bits per heavy atom. The molecule has 5 heteroatoms. The van der Waals surface area contributed by atoms with E-state index in [0.717, 1.165) is 26.1 Å². The monoisotopic (exact) mass is 250 g/mol. The molecule has 0 aliphatic carbocycles. The van der Waals surface area contributed by atoms with Gasteiger partial charge >= 0.3 is 0 Å². The van der Waals surface area contributed by atoms with Crippen molar-refractivity contribution in [2.75, 3.05) is 26.2 Å². The highest BCUT2D eigenvalue weighted by Crippen LogP contribution is 2.00. The lowest BCUT2D eigenvalue weighted by molar-refractivity contribution is 0.262. The molecule has 0 spiro atoms. The normalized spacial score (nSPS) is 13.2. The summed E-state index contributed by atoms with van der Waals surface area (Å²) in [5, 5.41) is 0. The molecule has 0 aliphatic rings. The van der Waals surface area contributed by atoms with Gasteiger partial charge in [0.15, 0.2) is 0 Å². The van der Waals surface area contributed by atoms with Gasteiger partial charge in [0.05, 0.1) is 0 Å². The Labute approximate surface area is 102 Å². The van der Waals surface area contributed by atoms with E-state index in [0.29, 0.717) is 6.54 Å². The molecule has 0 aromatic carbocycles. The Morgan fingerprint density at radius 2 is 1.56 bits per heavy atom. The van der Waals surface area contributed by atoms with Crippen LogP contribution in [0.15, 0.2) is 0 Å². The van der Waals surface area contributed by atoms with Crippen molar-refractivity contribution < 1.29 is 8.76 Å². The van der Waals surface area contributed by atoms with Crippen molar-refractivity contribution in [3.63, 3.8) is 0 Å². The molecule has 1 atom stereocenters. The fourth-order valence-corrected chi connectivity index (χ4v) is 1.88. The summed E-state index contributed by atoms with van der Waals surface area (Å²) < 4.78 is 21.4. The van der Waals surface area contributed by atoms with Crippen molar-refractivity contribution in [2.24, 2.45) is 0 Å². The van der Waals surface area contributed by atoms with E-state index in [1.165, 1.54) is 25.7 Å². The highest BCUT2D eigenvalue weighted by molar-refractivity contribution is 7.77. The third kappa shape index (κ3) is 10.5. The maximum atomic E-state index is 10.4. The summed E-state index contributed by atoms with van der Waals surface area (Å²) in [5.74, 6) is 0. The molecule has 0 aliphatic heterocycles. The van der Waals surface area contributed by atoms with E-state index >= 15 is 0 Å². The SMILES string of the molecule is CCCCN(CCCC)CCCNS(=O)O. The smallest absolute Gasteiger partial charge is 0.231 e. The molecule has 0 radical (unpaired) electrons. The predicted octanol–water partition coefficient (Wildman–Crippen LogP) is 2.01. The molecule has 0 saturated heterocycles. The van der Waals surface area contributed by atoms with E-state index in [1.807, 2.05) is 0 Å². The van der Waals surface area contributed by atoms with Crippen molar-refractivity contribution in [2.45, 2.75) is 46.0 Å². The molecule has 0 aromatic rings. The summed E-state index contributed by atoms with van der Waals surface area (Å²) in [6.07, 6.45) is 5.86. The molecule has 4 nitrogen and oxygen atoms in total. The van der Waals surface area contributed by atoms with E-state index in [-0.39, 0.29) is 0 Å². The number of hydrogen-bond donors (Lipinski definition) is 2. The molecule has 2 N–H and O–H groups in total. The van der Waals surface area contributed by atoms with E-state index in [9.17, 15) is 4.21 Å². The van der Waals surface area contributed by atoms with Gasteiger partial charge in [-0.1, -0.05) is 26.7 Å². The van der Waals surface area contributed by atoms with Crippen LogP contribution in [0.2, 0.25) is 0 Å². The second-order valence-corrected chi connectivity index (χ2v) is 4.83. The second-order valence-electron chi connectivity index (χ2n) is 4.05. The van der Waals surface area contributed by atoms with E-state index < -0.39 is 11.3 Å². The van der Waals surface area contributed by atoms with Gasteiger partial charge in [-0.15, -0.1) is 0 Å². The largest absolute Gasteiger partial charge is 0.303 e. The van der Waals surface area contributed by atoms with Crippen LogP contribution >= 0.6 is 0 Å². The third-order valence-corrected chi connectivity index (χ3v) is 2.98. The molecule has 0 aromatic heterocycles. The number of nitrogens with one attached hydrogen (secondary N) is 1. The molecule has 0 bridgehead atoms. The molecular weight excluding hydrogens is 224 g/mol. The summed E-state index contributed by atoms with van der Waals surface area (Å²) >= 11 is -1.86. The second kappa shape index (κ2) is 11.5. The maximum Gasteiger partial charge on any atom is 0.231 e. The minimum atomic E-state index is -1.86. The Hall–Kier alpha value is 0.0300. The Morgan fingerprint density at radius 3 is 2.00 bits per heavy atom. The molecule has 0 amide bonds. The van der Waals surface area contributed by atoms with Gasteiger partial charge in [-0.2, -0.15) is 0 Å². The molecule has 0 saturated carbocycles. The van der Waals surface area contributed by atoms with Crippen molar-refractivity contribution in [1.82, 2.24) is 9.62 Å². The van der Waals surface area contributed by atoms with Crippen LogP contribution < -0.4 is 4.72 Å². The van der Waals surface area contributed by atoms with Gasteiger partial charge < -0.3 is 4.90 Å². The van der Waals surface area contributed by atoms with E-state index in [4.69, 9.17) is 4.55 Å². The molecule has 0 fully saturated rings. The van der Waals surface area contributed by atoms with Crippen molar-refractivity contribution in [3.05, 3.63) is 0 Å². The van der Waals surface area contributed by atoms with Crippen LogP contribution in [0, 0.1) is 0 Å². The first-order valence-corrected chi connectivity index (χ1v) is 7.38. The summed E-state index contributed by atoms with van der Waals surface area (Å²) in [7, 11) is 0. The zero-order valence-corrected chi connectivity index (χ0v) is 11.4. The lowest BCUT2D eigenvalue weighted by atomic mass is 10.2. The van der Waals surface area contributed by atoms with Crippen LogP contribution in [-0.4, -0.2) is 39.8 Å². The van der Waals surface area contributed by atoms with Crippen LogP contribution in [-0.2, 0) is 11.3 Å². The van der Waals surface area contributed by atoms with Crippen LogP contribution in [0.3, 0.4) is 0 Å². The summed E-state index contributed by atoms with van der Waals surface area (Å²) in [5.41, 5.74) is 0. The quantitative estimate of drug-likeness (QED) is 0.436. The molecular formula is C11H26N2O2S. The molecule has 0 heterocycles. The summed E-state index contributed by atoms with van der Waals surface area (Å²) in [6.45, 7) is 8.34. The minimum absolute atomic E-state index is 0.609. The van der Waals surface area contributed by atoms with E-state index in [1.54, 1.807) is 0 Å². The van der Waals surface area contributed by atoms with E-state index in [2.05, 4.69) is 23.5 Å². The molecule has 16 heavy (non-hydrogen) atoms. The Kier molecular flexibility index (Phi) is 11.5. The van der Waals surface area contributed by atoms with Gasteiger partial charge in [0, 0.05) is 6.54 Å². The van der Waals surface area contributed by atoms with Crippen molar-refractivity contribution >= 4 is 11.3 Å². The van der Waals surface area contributed by atoms with Crippen LogP contribution in [0.1, 0.15) is 46.0 Å². The first-order valence-electron chi connectivity index (χ1n) is 6.27. The lowest BCUT2D eigenvalue weighted by Crippen LogP contribution is -2.29. The Balaban J connectivity index is 3.59. The lowest BCUT2D eigenvalue weighted by Gasteiger charge is -2.21. The zero-order chi connectivity index (χ0) is 12.2. The highest BCUT2D eigenvalue weighted by atomic mass is 32.2. The number of hydrogen-bond acceptors (Lipinski definition) is 2. The fraction of sp³-hybridized carbons (Fsp3) is 1.00. The van der Waals surface area contributed by atoms with Gasteiger partial charge in [0.25, 0.3) is 0 Å². The fourth-order valence-electron chi connectivity index (χ4n) is 1.56. The highest BCUT2D eigenvalue weighted by Gasteiger charge is 2.03. The third-order valence-electron chi connectivity index (χ3n) is 2.53. The van der Waals surface area contributed by atoms with Gasteiger partial charge in [-0.25, -0.2) is 8.93 Å². The Bertz CT molecular complexity index is 171. The molecule has 1 unspecified atom stereocenters. The number of rotatable bonds is 11. The molecule has 0 rings (SSSR count). The number of unbranched alkanes of at least 4 members (excludes halogenated alkanes) is 2. The van der Waals surface area contributed by atoms with Crippen molar-refractivity contribution in [3.8, 4) is 0 Å². The molecule has 98 valence electrons. The maximum absolute atomic E-state index is 10.4. The standard InChI is InChI=1S/C11H26N2O2S/c1-3-5-9-13(10-6-4-2)11-7-8-12-16(14)15/h12H,3-11H2,1-2H3,(H,14,15). The summed E-state index contributed by atoms with van der Waals surface area (Å²) in [4.78, 5) is 2.45. The van der Waals surface area contributed by atoms with Crippen LogP contribution in [0.4, 0.5) is 0 Å². The minimum Gasteiger partial charge on any atom is -0.303 e. The first-order chi connectivity index (χ1) is 7.70. The van der Waals surface area contributed by atoms with Crippen LogP contribution in [0.25, 0.3) is 0 Å². The van der Waals surface area contributed by atoms with Gasteiger partial charge in [0.2, 0.25) is 11.3 Å². The zero-order valence-electron chi connectivity index (χ0n) is 10.6. The average Bonchev–Trinajstić information content (AvgIpc) is 2.26. The van der Waals surface area contributed by atoms with Crippen molar-refractivity contribution in [1.29, 1.82) is 0 Å². The average molecular weight is 250 g/mol. The predicted molar refractivity (Wildman–Crippen MR) is 69.6 cm³/mol. The van der Waals surface area contributed by atoms with Crippen LogP contribution in [0.5, 0.6) is 0 Å². The first kappa shape index (κ1) is 16.0. The van der Waals surface area contributed by atoms with Gasteiger partial charge in [-0.05, 0) is 38.9 Å². The summed E-state index contributed by atoms with van der Waals surface area (Å²) in [6, 6.07) is 0. The van der Waals surface area contributed by atoms with Gasteiger partial charge in [-0.3, -0.25) is 4.55 Å². The topological polar surface area (TPSA) is 52.6 Å². The number of nitrogens with zero attached hydrogens (tertiary/aromatic N) is 1.